The number of carbonyl (C=O) groups excluding carboxylic acids is 4. The van der Waals surface area contributed by atoms with Crippen LogP contribution in [0.2, 0.25) is 0 Å². The van der Waals surface area contributed by atoms with E-state index in [1.54, 1.807) is 0 Å². The Kier molecular flexibility index (Phi) is 3.60. The number of carbonyl (C=O) groups is 4. The fourth-order valence-electron chi connectivity index (χ4n) is 1.30. The normalized spacial score (nSPS) is 26.5. The van der Waals surface area contributed by atoms with Crippen molar-refractivity contribution in [1.82, 2.24) is 0 Å². The molecule has 88 valence electrons. The van der Waals surface area contributed by atoms with Crippen molar-refractivity contribution in [1.29, 1.82) is 0 Å². The second-order valence-corrected chi connectivity index (χ2v) is 3.12. The van der Waals surface area contributed by atoms with Crippen LogP contribution >= 0.6 is 0 Å². The molecule has 7 nitrogen and oxygen atoms in total. The number of hydrogen-bond acceptors (Lipinski definition) is 7. The molecule has 1 aliphatic carbocycles. The summed E-state index contributed by atoms with van der Waals surface area (Å²) in [6, 6.07) is 0. The Morgan fingerprint density at radius 3 is 2.12 bits per heavy atom. The van der Waals surface area contributed by atoms with E-state index >= 15 is 0 Å². The van der Waals surface area contributed by atoms with Crippen LogP contribution in [0.15, 0.2) is 0 Å². The smallest absolute Gasteiger partial charge is 0.417 e. The average molecular weight is 230 g/mol. The zero-order valence-electron chi connectivity index (χ0n) is 8.67. The van der Waals surface area contributed by atoms with Gasteiger partial charge in [0.1, 0.15) is 18.3 Å². The summed E-state index contributed by atoms with van der Waals surface area (Å²) in [6.07, 6.45) is -0.451. The van der Waals surface area contributed by atoms with E-state index in [1.165, 1.54) is 0 Å². The van der Waals surface area contributed by atoms with Crippen LogP contribution in [0.5, 0.6) is 0 Å². The Bertz CT molecular complexity index is 335. The Labute approximate surface area is 90.6 Å². The molecule has 0 aromatic rings. The van der Waals surface area contributed by atoms with Crippen LogP contribution in [0.25, 0.3) is 0 Å². The molecule has 16 heavy (non-hydrogen) atoms. The fourth-order valence-corrected chi connectivity index (χ4v) is 1.30. The highest BCUT2D eigenvalue weighted by molar-refractivity contribution is 6.29. The highest BCUT2D eigenvalue weighted by Gasteiger charge is 2.59. The van der Waals surface area contributed by atoms with Gasteiger partial charge in [-0.3, -0.25) is 4.79 Å². The summed E-state index contributed by atoms with van der Waals surface area (Å²) in [4.78, 5) is 43.3. The van der Waals surface area contributed by atoms with E-state index in [0.29, 0.717) is 6.29 Å². The third-order valence-corrected chi connectivity index (χ3v) is 2.23. The van der Waals surface area contributed by atoms with E-state index in [0.717, 1.165) is 14.2 Å². The summed E-state index contributed by atoms with van der Waals surface area (Å²) in [5.41, 5.74) is 0. The molecule has 0 spiro atoms. The first-order valence-corrected chi connectivity index (χ1v) is 4.38. The van der Waals surface area contributed by atoms with Gasteiger partial charge in [-0.2, -0.15) is 0 Å². The van der Waals surface area contributed by atoms with Gasteiger partial charge in [0.25, 0.3) is 0 Å². The van der Waals surface area contributed by atoms with Crippen molar-refractivity contribution in [2.75, 3.05) is 14.2 Å². The standard InChI is InChI=1S/C9H10O7/c1-14-7(11)5-4(3-10)6(5)16-9(13)8(12)15-2/h3-6H,1-2H3/t4-,5-,6-/m0/s1. The van der Waals surface area contributed by atoms with Gasteiger partial charge in [0.2, 0.25) is 0 Å². The first-order valence-electron chi connectivity index (χ1n) is 4.38. The summed E-state index contributed by atoms with van der Waals surface area (Å²) < 4.78 is 13.1. The maximum Gasteiger partial charge on any atom is 0.417 e. The summed E-state index contributed by atoms with van der Waals surface area (Å²) >= 11 is 0. The zero-order valence-corrected chi connectivity index (χ0v) is 8.67. The van der Waals surface area contributed by atoms with Crippen LogP contribution in [0.3, 0.4) is 0 Å². The molecule has 1 aliphatic rings. The van der Waals surface area contributed by atoms with Gasteiger partial charge in [0, 0.05) is 0 Å². The lowest BCUT2D eigenvalue weighted by Gasteiger charge is -2.01. The number of ether oxygens (including phenoxy) is 3. The first-order chi connectivity index (χ1) is 7.56. The molecule has 0 radical (unpaired) electrons. The van der Waals surface area contributed by atoms with Crippen molar-refractivity contribution in [2.24, 2.45) is 11.8 Å². The van der Waals surface area contributed by atoms with Gasteiger partial charge >= 0.3 is 17.9 Å². The molecule has 1 rings (SSSR count). The second kappa shape index (κ2) is 4.73. The van der Waals surface area contributed by atoms with Gasteiger partial charge in [-0.25, -0.2) is 9.59 Å². The molecular weight excluding hydrogens is 220 g/mol. The second-order valence-electron chi connectivity index (χ2n) is 3.12. The predicted molar refractivity (Wildman–Crippen MR) is 47.0 cm³/mol. The molecule has 1 fully saturated rings. The van der Waals surface area contributed by atoms with E-state index in [9.17, 15) is 19.2 Å². The first kappa shape index (κ1) is 12.2. The number of methoxy groups -OCH3 is 2. The average Bonchev–Trinajstić information content (AvgIpc) is 2.99. The van der Waals surface area contributed by atoms with Crippen molar-refractivity contribution in [3.63, 3.8) is 0 Å². The third-order valence-electron chi connectivity index (χ3n) is 2.23. The maximum absolute atomic E-state index is 11.1. The molecule has 3 atom stereocenters. The van der Waals surface area contributed by atoms with Crippen molar-refractivity contribution < 1.29 is 33.4 Å². The van der Waals surface area contributed by atoms with Crippen LogP contribution in [-0.2, 0) is 33.4 Å². The fraction of sp³-hybridized carbons (Fsp3) is 0.556. The minimum absolute atomic E-state index is 0.483. The van der Waals surface area contributed by atoms with Crippen molar-refractivity contribution in [3.8, 4) is 0 Å². The van der Waals surface area contributed by atoms with Crippen LogP contribution in [0.4, 0.5) is 0 Å². The molecule has 7 heteroatoms. The van der Waals surface area contributed by atoms with Gasteiger partial charge in [0.05, 0.1) is 20.1 Å². The monoisotopic (exact) mass is 230 g/mol. The molecule has 1 saturated carbocycles. The number of hydrogen-bond donors (Lipinski definition) is 0. The van der Waals surface area contributed by atoms with Crippen LogP contribution in [0.1, 0.15) is 0 Å². The minimum Gasteiger partial charge on any atom is -0.469 e. The molecule has 0 N–H and O–H groups in total. The number of aldehydes is 1. The highest BCUT2D eigenvalue weighted by Crippen LogP contribution is 2.41. The van der Waals surface area contributed by atoms with Gasteiger partial charge in [-0.1, -0.05) is 0 Å². The van der Waals surface area contributed by atoms with E-state index in [-0.39, 0.29) is 0 Å². The van der Waals surface area contributed by atoms with E-state index in [1.807, 2.05) is 0 Å². The molecule has 0 heterocycles. The van der Waals surface area contributed by atoms with E-state index < -0.39 is 35.8 Å². The molecule has 0 unspecified atom stereocenters. The Morgan fingerprint density at radius 2 is 1.69 bits per heavy atom. The van der Waals surface area contributed by atoms with Gasteiger partial charge in [-0.05, 0) is 0 Å². The van der Waals surface area contributed by atoms with Gasteiger partial charge in [0.15, 0.2) is 0 Å². The molecule has 0 saturated heterocycles. The lowest BCUT2D eigenvalue weighted by molar-refractivity contribution is -0.167. The Hall–Kier alpha value is -1.92. The summed E-state index contributed by atoms with van der Waals surface area (Å²) in [6.45, 7) is 0. The summed E-state index contributed by atoms with van der Waals surface area (Å²) in [5.74, 6) is -4.64. The van der Waals surface area contributed by atoms with Crippen LogP contribution in [0, 0.1) is 11.8 Å². The lowest BCUT2D eigenvalue weighted by Crippen LogP contribution is -2.21. The van der Waals surface area contributed by atoms with Gasteiger partial charge < -0.3 is 19.0 Å². The molecule has 0 aliphatic heterocycles. The van der Waals surface area contributed by atoms with Crippen LogP contribution in [-0.4, -0.2) is 44.5 Å². The molecule has 0 bridgehead atoms. The number of esters is 3. The zero-order chi connectivity index (χ0) is 12.3. The lowest BCUT2D eigenvalue weighted by atomic mass is 10.3. The highest BCUT2D eigenvalue weighted by atomic mass is 16.6. The van der Waals surface area contributed by atoms with Gasteiger partial charge in [-0.15, -0.1) is 0 Å². The SMILES string of the molecule is COC(=O)C(=O)O[C@H]1[C@@H](C=O)[C@@H]1C(=O)OC. The molecule has 0 amide bonds. The van der Waals surface area contributed by atoms with Crippen molar-refractivity contribution in [3.05, 3.63) is 0 Å². The summed E-state index contributed by atoms with van der Waals surface area (Å²) in [5, 5.41) is 0. The predicted octanol–water partition coefficient (Wildman–Crippen LogP) is -1.31. The third kappa shape index (κ3) is 2.18. The van der Waals surface area contributed by atoms with Crippen molar-refractivity contribution >= 4 is 24.2 Å². The quantitative estimate of drug-likeness (QED) is 0.257. The number of rotatable bonds is 3. The summed E-state index contributed by atoms with van der Waals surface area (Å²) in [7, 11) is 2.17. The Balaban J connectivity index is 2.56. The molecular formula is C9H10O7. The molecule has 0 aromatic heterocycles. The van der Waals surface area contributed by atoms with Crippen LogP contribution < -0.4 is 0 Å². The largest absolute Gasteiger partial charge is 0.469 e. The maximum atomic E-state index is 11.1. The minimum atomic E-state index is -1.23. The van der Waals surface area contributed by atoms with E-state index in [2.05, 4.69) is 14.2 Å². The topological polar surface area (TPSA) is 96.0 Å². The Morgan fingerprint density at radius 1 is 1.06 bits per heavy atom. The van der Waals surface area contributed by atoms with E-state index in [4.69, 9.17) is 0 Å². The molecule has 0 aromatic carbocycles. The van der Waals surface area contributed by atoms with Crippen molar-refractivity contribution in [2.45, 2.75) is 6.10 Å².